The van der Waals surface area contributed by atoms with Gasteiger partial charge in [0.1, 0.15) is 0 Å². The van der Waals surface area contributed by atoms with Gasteiger partial charge in [0, 0.05) is 11.8 Å². The normalized spacial score (nSPS) is 12.5. The summed E-state index contributed by atoms with van der Waals surface area (Å²) >= 11 is 10.9. The van der Waals surface area contributed by atoms with Gasteiger partial charge in [0.05, 0.1) is 17.7 Å². The fourth-order valence-electron chi connectivity index (χ4n) is 2.07. The quantitative estimate of drug-likeness (QED) is 0.432. The second kappa shape index (κ2) is 6.85. The topological polar surface area (TPSA) is 109 Å². The molecule has 10 heteroatoms. The summed E-state index contributed by atoms with van der Waals surface area (Å²) in [6.07, 6.45) is 1.36. The van der Waals surface area contributed by atoms with Crippen LogP contribution in [-0.2, 0) is 11.2 Å². The molecule has 1 aliphatic rings. The van der Waals surface area contributed by atoms with Crippen molar-refractivity contribution >= 4 is 35.9 Å². The molecule has 0 unspecified atom stereocenters. The molecule has 8 nitrogen and oxygen atoms in total. The SMILES string of the molecule is O=C(Cc1cc(=O)[nH]c(=S)[nH]1)N/N=C\c1cc(Cl)c2c(c1)OCO2. The number of amides is 1. The van der Waals surface area contributed by atoms with Crippen molar-refractivity contribution in [2.45, 2.75) is 6.42 Å². The summed E-state index contributed by atoms with van der Waals surface area (Å²) in [7, 11) is 0. The van der Waals surface area contributed by atoms with E-state index in [0.717, 1.165) is 0 Å². The van der Waals surface area contributed by atoms with Crippen LogP contribution in [0.15, 0.2) is 28.1 Å². The summed E-state index contributed by atoms with van der Waals surface area (Å²) in [5.41, 5.74) is 3.01. The molecular formula is C14H11ClN4O4S. The Hall–Kier alpha value is -2.65. The number of ether oxygens (including phenoxy) is 2. The molecule has 0 spiro atoms. The average Bonchev–Trinajstić information content (AvgIpc) is 2.95. The zero-order chi connectivity index (χ0) is 17.1. The molecular weight excluding hydrogens is 356 g/mol. The number of H-pyrrole nitrogens is 2. The maximum Gasteiger partial charge on any atom is 0.251 e. The standard InChI is InChI=1S/C14H11ClN4O4S/c15-9-1-7(2-10-13(9)23-6-22-10)5-16-19-12(21)4-8-3-11(20)18-14(24)17-8/h1-3,5H,4,6H2,(H,19,21)(H2,17,18,20,24)/b16-5-. The lowest BCUT2D eigenvalue weighted by atomic mass is 10.2. The number of aromatic nitrogens is 2. The molecule has 1 aliphatic heterocycles. The highest BCUT2D eigenvalue weighted by atomic mass is 35.5. The van der Waals surface area contributed by atoms with Crippen LogP contribution >= 0.6 is 23.8 Å². The summed E-state index contributed by atoms with van der Waals surface area (Å²) in [4.78, 5) is 28.2. The maximum atomic E-state index is 11.8. The fraction of sp³-hybridized carbons (Fsp3) is 0.143. The van der Waals surface area contributed by atoms with Crippen molar-refractivity contribution in [3.05, 3.63) is 49.6 Å². The maximum absolute atomic E-state index is 11.8. The number of nitrogens with zero attached hydrogens (tertiary/aromatic N) is 1. The predicted molar refractivity (Wildman–Crippen MR) is 89.3 cm³/mol. The van der Waals surface area contributed by atoms with Crippen LogP contribution in [0, 0.1) is 4.77 Å². The Morgan fingerprint density at radius 2 is 2.21 bits per heavy atom. The van der Waals surface area contributed by atoms with E-state index in [1.165, 1.54) is 12.3 Å². The van der Waals surface area contributed by atoms with E-state index in [0.29, 0.717) is 27.8 Å². The van der Waals surface area contributed by atoms with E-state index in [-0.39, 0.29) is 23.5 Å². The van der Waals surface area contributed by atoms with Crippen LogP contribution in [0.3, 0.4) is 0 Å². The molecule has 0 bridgehead atoms. The van der Waals surface area contributed by atoms with Crippen molar-refractivity contribution in [2.24, 2.45) is 5.10 Å². The molecule has 2 aromatic rings. The highest BCUT2D eigenvalue weighted by molar-refractivity contribution is 7.71. The van der Waals surface area contributed by atoms with E-state index in [4.69, 9.17) is 33.3 Å². The van der Waals surface area contributed by atoms with Crippen LogP contribution in [0.2, 0.25) is 5.02 Å². The Morgan fingerprint density at radius 1 is 1.38 bits per heavy atom. The van der Waals surface area contributed by atoms with E-state index in [9.17, 15) is 9.59 Å². The Labute approximate surface area is 145 Å². The van der Waals surface area contributed by atoms with E-state index < -0.39 is 5.91 Å². The number of hydrazone groups is 1. The van der Waals surface area contributed by atoms with Gasteiger partial charge in [0.15, 0.2) is 16.3 Å². The molecule has 2 heterocycles. The third-order valence-electron chi connectivity index (χ3n) is 3.02. The van der Waals surface area contributed by atoms with Gasteiger partial charge in [-0.25, -0.2) is 5.43 Å². The molecule has 24 heavy (non-hydrogen) atoms. The first-order valence-corrected chi connectivity index (χ1v) is 7.53. The van der Waals surface area contributed by atoms with Gasteiger partial charge in [-0.2, -0.15) is 5.10 Å². The van der Waals surface area contributed by atoms with Gasteiger partial charge in [0.25, 0.3) is 5.56 Å². The van der Waals surface area contributed by atoms with Gasteiger partial charge in [-0.15, -0.1) is 0 Å². The minimum atomic E-state index is -0.408. The number of aromatic amines is 2. The van der Waals surface area contributed by atoms with Crippen molar-refractivity contribution < 1.29 is 14.3 Å². The Balaban J connectivity index is 1.64. The zero-order valence-corrected chi connectivity index (χ0v) is 13.7. The van der Waals surface area contributed by atoms with Crippen LogP contribution in [-0.4, -0.2) is 28.9 Å². The predicted octanol–water partition coefficient (Wildman–Crippen LogP) is 1.51. The van der Waals surface area contributed by atoms with Crippen LogP contribution in [0.5, 0.6) is 11.5 Å². The van der Waals surface area contributed by atoms with Gasteiger partial charge < -0.3 is 14.5 Å². The second-order valence-corrected chi connectivity index (χ2v) is 5.63. The number of benzene rings is 1. The Morgan fingerprint density at radius 3 is 3.00 bits per heavy atom. The summed E-state index contributed by atoms with van der Waals surface area (Å²) in [5.74, 6) is 0.600. The molecule has 0 radical (unpaired) electrons. The first-order valence-electron chi connectivity index (χ1n) is 6.75. The van der Waals surface area contributed by atoms with Crippen molar-refractivity contribution in [3.63, 3.8) is 0 Å². The Bertz CT molecular complexity index is 909. The molecule has 0 atom stereocenters. The lowest BCUT2D eigenvalue weighted by Gasteiger charge is -2.02. The number of carbonyl (C=O) groups is 1. The monoisotopic (exact) mass is 366 g/mol. The van der Waals surface area contributed by atoms with Gasteiger partial charge in [-0.3, -0.25) is 14.6 Å². The smallest absolute Gasteiger partial charge is 0.251 e. The highest BCUT2D eigenvalue weighted by Gasteiger charge is 2.17. The van der Waals surface area contributed by atoms with Gasteiger partial charge in [-0.1, -0.05) is 11.6 Å². The van der Waals surface area contributed by atoms with Crippen LogP contribution in [0.1, 0.15) is 11.3 Å². The molecule has 1 aromatic carbocycles. The number of fused-ring (bicyclic) bond motifs is 1. The molecule has 0 aliphatic carbocycles. The first-order chi connectivity index (χ1) is 11.5. The largest absolute Gasteiger partial charge is 0.454 e. The minimum absolute atomic E-state index is 0.0627. The van der Waals surface area contributed by atoms with Crippen molar-refractivity contribution in [1.82, 2.24) is 15.4 Å². The van der Waals surface area contributed by atoms with E-state index in [1.54, 1.807) is 12.1 Å². The number of carbonyl (C=O) groups excluding carboxylic acids is 1. The van der Waals surface area contributed by atoms with Crippen LogP contribution < -0.4 is 20.5 Å². The molecule has 0 saturated heterocycles. The van der Waals surface area contributed by atoms with Gasteiger partial charge >= 0.3 is 0 Å². The number of rotatable bonds is 4. The number of hydrogen-bond acceptors (Lipinski definition) is 6. The molecule has 124 valence electrons. The lowest BCUT2D eigenvalue weighted by molar-refractivity contribution is -0.120. The van der Waals surface area contributed by atoms with E-state index >= 15 is 0 Å². The summed E-state index contributed by atoms with van der Waals surface area (Å²) in [6, 6.07) is 4.59. The summed E-state index contributed by atoms with van der Waals surface area (Å²) < 4.78 is 10.6. The van der Waals surface area contributed by atoms with Crippen LogP contribution in [0.4, 0.5) is 0 Å². The van der Waals surface area contributed by atoms with Crippen molar-refractivity contribution in [1.29, 1.82) is 0 Å². The number of halogens is 1. The third-order valence-corrected chi connectivity index (χ3v) is 3.50. The molecule has 0 fully saturated rings. The third kappa shape index (κ3) is 3.81. The number of nitrogens with one attached hydrogen (secondary N) is 3. The molecule has 1 amide bonds. The molecule has 3 N–H and O–H groups in total. The molecule has 0 saturated carbocycles. The highest BCUT2D eigenvalue weighted by Crippen LogP contribution is 2.39. The molecule has 1 aromatic heterocycles. The van der Waals surface area contributed by atoms with E-state index in [1.807, 2.05) is 0 Å². The van der Waals surface area contributed by atoms with Gasteiger partial charge in [-0.05, 0) is 29.9 Å². The molecule has 3 rings (SSSR count). The Kier molecular flexibility index (Phi) is 4.63. The first kappa shape index (κ1) is 16.2. The summed E-state index contributed by atoms with van der Waals surface area (Å²) in [6.45, 7) is 0.115. The second-order valence-electron chi connectivity index (χ2n) is 4.82. The lowest BCUT2D eigenvalue weighted by Crippen LogP contribution is -2.21. The van der Waals surface area contributed by atoms with E-state index in [2.05, 4.69) is 20.5 Å². The number of hydrogen-bond donors (Lipinski definition) is 3. The zero-order valence-electron chi connectivity index (χ0n) is 12.1. The van der Waals surface area contributed by atoms with Crippen molar-refractivity contribution in [2.75, 3.05) is 6.79 Å². The van der Waals surface area contributed by atoms with Crippen LogP contribution in [0.25, 0.3) is 0 Å². The van der Waals surface area contributed by atoms with Gasteiger partial charge in [0.2, 0.25) is 12.7 Å². The average molecular weight is 367 g/mol. The fourth-order valence-corrected chi connectivity index (χ4v) is 2.57. The van der Waals surface area contributed by atoms with Crippen molar-refractivity contribution in [3.8, 4) is 11.5 Å². The minimum Gasteiger partial charge on any atom is -0.454 e. The summed E-state index contributed by atoms with van der Waals surface area (Å²) in [5, 5.41) is 4.24.